The van der Waals surface area contributed by atoms with E-state index in [9.17, 15) is 4.39 Å². The second-order valence-corrected chi connectivity index (χ2v) is 4.37. The highest BCUT2D eigenvalue weighted by atomic mass is 19.1. The lowest BCUT2D eigenvalue weighted by Crippen LogP contribution is -1.89. The Labute approximate surface area is 93.5 Å². The summed E-state index contributed by atoms with van der Waals surface area (Å²) in [6, 6.07) is 5.09. The van der Waals surface area contributed by atoms with Gasteiger partial charge in [0.05, 0.1) is 0 Å². The predicted molar refractivity (Wildman–Crippen MR) is 60.7 cm³/mol. The van der Waals surface area contributed by atoms with Crippen LogP contribution in [0.3, 0.4) is 0 Å². The Morgan fingerprint density at radius 3 is 2.94 bits per heavy atom. The zero-order valence-corrected chi connectivity index (χ0v) is 9.13. The molecule has 16 heavy (non-hydrogen) atoms. The molecule has 0 atom stereocenters. The lowest BCUT2D eigenvalue weighted by Gasteiger charge is -2.03. The highest BCUT2D eigenvalue weighted by Gasteiger charge is 2.25. The van der Waals surface area contributed by atoms with Gasteiger partial charge in [0, 0.05) is 23.4 Å². The predicted octanol–water partition coefficient (Wildman–Crippen LogP) is 3.40. The van der Waals surface area contributed by atoms with Crippen molar-refractivity contribution in [2.24, 2.45) is 0 Å². The first-order valence-corrected chi connectivity index (χ1v) is 5.56. The summed E-state index contributed by atoms with van der Waals surface area (Å²) in [4.78, 5) is 7.61. The Hall–Kier alpha value is -1.64. The molecule has 0 unspecified atom stereocenters. The third-order valence-electron chi connectivity index (χ3n) is 3.14. The first kappa shape index (κ1) is 9.58. The van der Waals surface area contributed by atoms with Crippen LogP contribution in [0.15, 0.2) is 24.4 Å². The largest absolute Gasteiger partial charge is 0.342 e. The molecule has 1 aliphatic rings. The molecule has 1 fully saturated rings. The third kappa shape index (κ3) is 1.52. The highest BCUT2D eigenvalue weighted by molar-refractivity contribution is 5.60. The van der Waals surface area contributed by atoms with Crippen LogP contribution in [0.4, 0.5) is 4.39 Å². The Balaban J connectivity index is 2.03. The van der Waals surface area contributed by atoms with E-state index in [1.54, 1.807) is 13.0 Å². The molecule has 0 radical (unpaired) electrons. The summed E-state index contributed by atoms with van der Waals surface area (Å²) >= 11 is 0. The highest BCUT2D eigenvalue weighted by Crippen LogP contribution is 2.39. The van der Waals surface area contributed by atoms with Crippen LogP contribution in [0.1, 0.15) is 30.0 Å². The van der Waals surface area contributed by atoms with Gasteiger partial charge in [-0.1, -0.05) is 12.1 Å². The van der Waals surface area contributed by atoms with Crippen molar-refractivity contribution in [3.8, 4) is 11.4 Å². The smallest absolute Gasteiger partial charge is 0.137 e. The number of hydrogen-bond donors (Lipinski definition) is 1. The van der Waals surface area contributed by atoms with Gasteiger partial charge in [-0.3, -0.25) is 0 Å². The fourth-order valence-electron chi connectivity index (χ4n) is 1.94. The lowest BCUT2D eigenvalue weighted by atomic mass is 10.1. The van der Waals surface area contributed by atoms with Crippen LogP contribution in [-0.2, 0) is 0 Å². The number of hydrogen-bond acceptors (Lipinski definition) is 1. The summed E-state index contributed by atoms with van der Waals surface area (Å²) in [5.41, 5.74) is 2.68. The molecule has 0 bridgehead atoms. The van der Waals surface area contributed by atoms with Gasteiger partial charge >= 0.3 is 0 Å². The minimum absolute atomic E-state index is 0.179. The summed E-state index contributed by atoms with van der Waals surface area (Å²) in [5, 5.41) is 0. The Morgan fingerprint density at radius 2 is 2.19 bits per heavy atom. The first-order chi connectivity index (χ1) is 7.75. The summed E-state index contributed by atoms with van der Waals surface area (Å²) in [5.74, 6) is 1.25. The van der Waals surface area contributed by atoms with Gasteiger partial charge in [0.15, 0.2) is 0 Å². The third-order valence-corrected chi connectivity index (χ3v) is 3.14. The molecule has 0 spiro atoms. The number of halogens is 1. The summed E-state index contributed by atoms with van der Waals surface area (Å²) < 4.78 is 13.4. The van der Waals surface area contributed by atoms with E-state index < -0.39 is 0 Å². The van der Waals surface area contributed by atoms with E-state index in [0.717, 1.165) is 11.4 Å². The van der Waals surface area contributed by atoms with Crippen molar-refractivity contribution >= 4 is 0 Å². The maximum Gasteiger partial charge on any atom is 0.137 e. The van der Waals surface area contributed by atoms with E-state index >= 15 is 0 Å². The molecule has 0 amide bonds. The maximum absolute atomic E-state index is 13.4. The van der Waals surface area contributed by atoms with Gasteiger partial charge in [-0.25, -0.2) is 9.37 Å². The molecule has 1 heterocycles. The number of nitrogens with one attached hydrogen (secondary N) is 1. The second kappa shape index (κ2) is 3.44. The van der Waals surface area contributed by atoms with E-state index in [-0.39, 0.29) is 5.82 Å². The van der Waals surface area contributed by atoms with Crippen molar-refractivity contribution < 1.29 is 4.39 Å². The average molecular weight is 216 g/mol. The molecule has 1 saturated carbocycles. The molecule has 2 nitrogen and oxygen atoms in total. The number of imidazole rings is 1. The molecule has 1 aromatic heterocycles. The molecule has 1 aromatic carbocycles. The van der Waals surface area contributed by atoms with Crippen molar-refractivity contribution in [3.63, 3.8) is 0 Å². The van der Waals surface area contributed by atoms with E-state index in [1.807, 2.05) is 12.3 Å². The van der Waals surface area contributed by atoms with Crippen molar-refractivity contribution in [2.75, 3.05) is 0 Å². The fraction of sp³-hybridized carbons (Fsp3) is 0.308. The first-order valence-electron chi connectivity index (χ1n) is 5.56. The Bertz CT molecular complexity index is 526. The number of aromatic amines is 1. The van der Waals surface area contributed by atoms with Gasteiger partial charge in [0.2, 0.25) is 0 Å². The second-order valence-electron chi connectivity index (χ2n) is 4.37. The minimum Gasteiger partial charge on any atom is -0.342 e. The maximum atomic E-state index is 13.4. The van der Waals surface area contributed by atoms with Crippen molar-refractivity contribution in [1.29, 1.82) is 0 Å². The molecule has 1 aliphatic carbocycles. The van der Waals surface area contributed by atoms with Gasteiger partial charge in [-0.15, -0.1) is 0 Å². The normalized spacial score (nSPS) is 15.4. The van der Waals surface area contributed by atoms with E-state index in [0.29, 0.717) is 11.5 Å². The van der Waals surface area contributed by atoms with E-state index in [1.165, 1.54) is 24.6 Å². The van der Waals surface area contributed by atoms with Gasteiger partial charge in [-0.05, 0) is 31.4 Å². The molecule has 3 rings (SSSR count). The number of rotatable bonds is 2. The number of benzene rings is 1. The topological polar surface area (TPSA) is 28.7 Å². The van der Waals surface area contributed by atoms with E-state index in [4.69, 9.17) is 0 Å². The summed E-state index contributed by atoms with van der Waals surface area (Å²) in [6.45, 7) is 1.78. The molecular formula is C13H13FN2. The summed E-state index contributed by atoms with van der Waals surface area (Å²) in [6.07, 6.45) is 4.35. The number of nitrogens with zero attached hydrogens (tertiary/aromatic N) is 1. The van der Waals surface area contributed by atoms with Crippen LogP contribution in [0, 0.1) is 12.7 Å². The van der Waals surface area contributed by atoms with E-state index in [2.05, 4.69) is 9.97 Å². The quantitative estimate of drug-likeness (QED) is 0.818. The Morgan fingerprint density at radius 1 is 1.38 bits per heavy atom. The SMILES string of the molecule is Cc1c(F)cccc1-c1ncc(C2CC2)[nH]1. The van der Waals surface area contributed by atoms with Crippen molar-refractivity contribution in [2.45, 2.75) is 25.7 Å². The lowest BCUT2D eigenvalue weighted by molar-refractivity contribution is 0.619. The van der Waals surface area contributed by atoms with Gasteiger partial charge < -0.3 is 4.98 Å². The zero-order chi connectivity index (χ0) is 11.1. The van der Waals surface area contributed by atoms with Crippen LogP contribution in [0.25, 0.3) is 11.4 Å². The van der Waals surface area contributed by atoms with Gasteiger partial charge in [-0.2, -0.15) is 0 Å². The fourth-order valence-corrected chi connectivity index (χ4v) is 1.94. The van der Waals surface area contributed by atoms with Crippen LogP contribution in [-0.4, -0.2) is 9.97 Å². The Kier molecular flexibility index (Phi) is 2.06. The van der Waals surface area contributed by atoms with Crippen LogP contribution < -0.4 is 0 Å². The molecule has 2 aromatic rings. The van der Waals surface area contributed by atoms with Gasteiger partial charge in [0.25, 0.3) is 0 Å². The minimum atomic E-state index is -0.179. The molecular weight excluding hydrogens is 203 g/mol. The van der Waals surface area contributed by atoms with Crippen LogP contribution in [0.5, 0.6) is 0 Å². The molecule has 1 N–H and O–H groups in total. The van der Waals surface area contributed by atoms with Crippen LogP contribution >= 0.6 is 0 Å². The van der Waals surface area contributed by atoms with Crippen molar-refractivity contribution in [1.82, 2.24) is 9.97 Å². The average Bonchev–Trinajstić information content (AvgIpc) is 3.02. The molecule has 3 heteroatoms. The molecule has 0 aliphatic heterocycles. The van der Waals surface area contributed by atoms with Crippen molar-refractivity contribution in [3.05, 3.63) is 41.5 Å². The monoisotopic (exact) mass is 216 g/mol. The van der Waals surface area contributed by atoms with Crippen LogP contribution in [0.2, 0.25) is 0 Å². The molecule has 0 saturated heterocycles. The number of aromatic nitrogens is 2. The van der Waals surface area contributed by atoms with Gasteiger partial charge in [0.1, 0.15) is 11.6 Å². The molecule has 82 valence electrons. The number of H-pyrrole nitrogens is 1. The summed E-state index contributed by atoms with van der Waals surface area (Å²) in [7, 11) is 0. The zero-order valence-electron chi connectivity index (χ0n) is 9.13. The standard InChI is InChI=1S/C13H13FN2/c1-8-10(3-2-4-11(8)14)13-15-7-12(16-13)9-5-6-9/h2-4,7,9H,5-6H2,1H3,(H,15,16).